The van der Waals surface area contributed by atoms with Gasteiger partial charge in [0.2, 0.25) is 0 Å². The molecule has 2 rings (SSSR count). The summed E-state index contributed by atoms with van der Waals surface area (Å²) in [7, 11) is 0. The van der Waals surface area contributed by atoms with Gasteiger partial charge in [-0.2, -0.15) is 13.2 Å². The van der Waals surface area contributed by atoms with Gasteiger partial charge in [0, 0.05) is 12.2 Å². The van der Waals surface area contributed by atoms with Crippen molar-refractivity contribution < 1.29 is 17.6 Å². The maximum atomic E-state index is 13.0. The van der Waals surface area contributed by atoms with E-state index in [2.05, 4.69) is 5.32 Å². The van der Waals surface area contributed by atoms with E-state index in [4.69, 9.17) is 0 Å². The summed E-state index contributed by atoms with van der Waals surface area (Å²) in [5, 5.41) is 2.95. The molecule has 0 atom stereocenters. The minimum atomic E-state index is -4.57. The number of rotatable bonds is 3. The van der Waals surface area contributed by atoms with Crippen molar-refractivity contribution in [2.45, 2.75) is 26.6 Å². The number of halogens is 4. The van der Waals surface area contributed by atoms with Crippen LogP contribution in [0.2, 0.25) is 0 Å². The second-order valence-corrected chi connectivity index (χ2v) is 5.03. The molecule has 0 radical (unpaired) electrons. The monoisotopic (exact) mass is 297 g/mol. The molecule has 2 aromatic carbocycles. The van der Waals surface area contributed by atoms with E-state index in [9.17, 15) is 17.6 Å². The Balaban J connectivity index is 2.24. The Kier molecular flexibility index (Phi) is 4.21. The molecule has 0 aromatic heterocycles. The van der Waals surface area contributed by atoms with E-state index in [0.717, 1.165) is 28.9 Å². The molecule has 0 saturated carbocycles. The predicted octanol–water partition coefficient (Wildman–Crippen LogP) is 5.07. The highest BCUT2D eigenvalue weighted by molar-refractivity contribution is 5.49. The van der Waals surface area contributed by atoms with Crippen molar-refractivity contribution in [1.82, 2.24) is 0 Å². The predicted molar refractivity (Wildman–Crippen MR) is 74.6 cm³/mol. The molecule has 2 aromatic rings. The van der Waals surface area contributed by atoms with Gasteiger partial charge < -0.3 is 5.32 Å². The standard InChI is InChI=1S/C16H15F4N/c1-10-5-11(2)7-14(6-10)21-9-12-3-4-13(17)8-15(12)16(18,19)20/h3-8,21H,9H2,1-2H3. The highest BCUT2D eigenvalue weighted by Gasteiger charge is 2.33. The highest BCUT2D eigenvalue weighted by atomic mass is 19.4. The fourth-order valence-corrected chi connectivity index (χ4v) is 2.24. The Labute approximate surface area is 120 Å². The van der Waals surface area contributed by atoms with Crippen molar-refractivity contribution in [3.05, 3.63) is 64.5 Å². The smallest absolute Gasteiger partial charge is 0.381 e. The molecule has 0 aliphatic carbocycles. The molecular formula is C16H15F4N. The summed E-state index contributed by atoms with van der Waals surface area (Å²) in [5.41, 5.74) is 1.85. The third kappa shape index (κ3) is 3.97. The van der Waals surface area contributed by atoms with Gasteiger partial charge >= 0.3 is 6.18 Å². The van der Waals surface area contributed by atoms with Gasteiger partial charge in [-0.1, -0.05) is 12.1 Å². The van der Waals surface area contributed by atoms with Gasteiger partial charge in [0.05, 0.1) is 5.56 Å². The van der Waals surface area contributed by atoms with E-state index in [-0.39, 0.29) is 12.1 Å². The number of anilines is 1. The van der Waals surface area contributed by atoms with Crippen LogP contribution in [0.1, 0.15) is 22.3 Å². The Hall–Kier alpha value is -2.04. The minimum absolute atomic E-state index is 0.0159. The molecule has 0 bridgehead atoms. The third-order valence-electron chi connectivity index (χ3n) is 3.08. The SMILES string of the molecule is Cc1cc(C)cc(NCc2ccc(F)cc2C(F)(F)F)c1. The lowest BCUT2D eigenvalue weighted by atomic mass is 10.1. The first-order valence-corrected chi connectivity index (χ1v) is 6.43. The highest BCUT2D eigenvalue weighted by Crippen LogP contribution is 2.33. The lowest BCUT2D eigenvalue weighted by Gasteiger charge is -2.14. The summed E-state index contributed by atoms with van der Waals surface area (Å²) in [6.07, 6.45) is -4.57. The third-order valence-corrected chi connectivity index (χ3v) is 3.08. The minimum Gasteiger partial charge on any atom is -0.381 e. The molecule has 112 valence electrons. The number of aryl methyl sites for hydroxylation is 2. The van der Waals surface area contributed by atoms with Crippen LogP contribution in [0.3, 0.4) is 0 Å². The zero-order chi connectivity index (χ0) is 15.6. The van der Waals surface area contributed by atoms with Gasteiger partial charge in [-0.15, -0.1) is 0 Å². The van der Waals surface area contributed by atoms with Gasteiger partial charge in [-0.3, -0.25) is 0 Å². The summed E-state index contributed by atoms with van der Waals surface area (Å²) >= 11 is 0. The van der Waals surface area contributed by atoms with Crippen molar-refractivity contribution in [3.8, 4) is 0 Å². The van der Waals surface area contributed by atoms with E-state index in [1.807, 2.05) is 32.0 Å². The molecule has 1 nitrogen and oxygen atoms in total. The van der Waals surface area contributed by atoms with Crippen molar-refractivity contribution >= 4 is 5.69 Å². The van der Waals surface area contributed by atoms with Gasteiger partial charge in [-0.05, 0) is 54.8 Å². The van der Waals surface area contributed by atoms with E-state index in [0.29, 0.717) is 6.07 Å². The lowest BCUT2D eigenvalue weighted by Crippen LogP contribution is -2.12. The van der Waals surface area contributed by atoms with Crippen molar-refractivity contribution in [2.75, 3.05) is 5.32 Å². The summed E-state index contributed by atoms with van der Waals surface area (Å²) in [6, 6.07) is 8.40. The molecule has 0 heterocycles. The first-order valence-electron chi connectivity index (χ1n) is 6.43. The number of alkyl halides is 3. The fraction of sp³-hybridized carbons (Fsp3) is 0.250. The zero-order valence-corrected chi connectivity index (χ0v) is 11.7. The fourth-order valence-electron chi connectivity index (χ4n) is 2.24. The van der Waals surface area contributed by atoms with Gasteiger partial charge in [0.1, 0.15) is 5.82 Å². The first kappa shape index (κ1) is 15.4. The van der Waals surface area contributed by atoms with Crippen molar-refractivity contribution in [3.63, 3.8) is 0 Å². The average Bonchev–Trinajstić information content (AvgIpc) is 2.35. The number of benzene rings is 2. The molecule has 5 heteroatoms. The Bertz CT molecular complexity index is 627. The van der Waals surface area contributed by atoms with Crippen LogP contribution in [0.25, 0.3) is 0 Å². The van der Waals surface area contributed by atoms with Gasteiger partial charge in [0.25, 0.3) is 0 Å². The summed E-state index contributed by atoms with van der Waals surface area (Å²) in [6.45, 7) is 3.81. The van der Waals surface area contributed by atoms with Gasteiger partial charge in [-0.25, -0.2) is 4.39 Å². The van der Waals surface area contributed by atoms with E-state index in [1.54, 1.807) is 0 Å². The Morgan fingerprint density at radius 2 is 1.57 bits per heavy atom. The van der Waals surface area contributed by atoms with Crippen LogP contribution < -0.4 is 5.32 Å². The molecule has 0 aliphatic rings. The second kappa shape index (κ2) is 5.76. The zero-order valence-electron chi connectivity index (χ0n) is 11.7. The molecular weight excluding hydrogens is 282 g/mol. The second-order valence-electron chi connectivity index (χ2n) is 5.03. The molecule has 1 N–H and O–H groups in total. The molecule has 21 heavy (non-hydrogen) atoms. The number of nitrogens with one attached hydrogen (secondary N) is 1. The van der Waals surface area contributed by atoms with Crippen LogP contribution in [0.15, 0.2) is 36.4 Å². The maximum Gasteiger partial charge on any atom is 0.416 e. The molecule has 0 aliphatic heterocycles. The van der Waals surface area contributed by atoms with Crippen LogP contribution in [0.4, 0.5) is 23.2 Å². The van der Waals surface area contributed by atoms with Crippen LogP contribution >= 0.6 is 0 Å². The number of hydrogen-bond acceptors (Lipinski definition) is 1. The largest absolute Gasteiger partial charge is 0.416 e. The summed E-state index contributed by atoms with van der Waals surface area (Å²) < 4.78 is 51.7. The molecule has 0 saturated heterocycles. The van der Waals surface area contributed by atoms with E-state index in [1.165, 1.54) is 0 Å². The van der Waals surface area contributed by atoms with Crippen molar-refractivity contribution in [1.29, 1.82) is 0 Å². The Morgan fingerprint density at radius 1 is 0.952 bits per heavy atom. The molecule has 0 fully saturated rings. The van der Waals surface area contributed by atoms with Crippen LogP contribution in [0, 0.1) is 19.7 Å². The Morgan fingerprint density at radius 3 is 2.14 bits per heavy atom. The van der Waals surface area contributed by atoms with Crippen LogP contribution in [-0.2, 0) is 12.7 Å². The molecule has 0 amide bonds. The molecule has 0 spiro atoms. The van der Waals surface area contributed by atoms with E-state index >= 15 is 0 Å². The van der Waals surface area contributed by atoms with Gasteiger partial charge in [0.15, 0.2) is 0 Å². The molecule has 0 unspecified atom stereocenters. The van der Waals surface area contributed by atoms with E-state index < -0.39 is 17.6 Å². The maximum absolute atomic E-state index is 13.0. The summed E-state index contributed by atoms with van der Waals surface area (Å²) in [4.78, 5) is 0. The van der Waals surface area contributed by atoms with Crippen LogP contribution in [-0.4, -0.2) is 0 Å². The first-order chi connectivity index (χ1) is 9.75. The topological polar surface area (TPSA) is 12.0 Å². The van der Waals surface area contributed by atoms with Crippen molar-refractivity contribution in [2.24, 2.45) is 0 Å². The number of hydrogen-bond donors (Lipinski definition) is 1. The summed E-state index contributed by atoms with van der Waals surface area (Å²) in [5.74, 6) is -0.891. The van der Waals surface area contributed by atoms with Crippen LogP contribution in [0.5, 0.6) is 0 Å². The quantitative estimate of drug-likeness (QED) is 0.780. The lowest BCUT2D eigenvalue weighted by molar-refractivity contribution is -0.138. The normalized spacial score (nSPS) is 11.5. The average molecular weight is 297 g/mol.